The highest BCUT2D eigenvalue weighted by atomic mass is 35.5. The maximum Gasteiger partial charge on any atom is 0.342 e. The van der Waals surface area contributed by atoms with Crippen LogP contribution in [-0.4, -0.2) is 23.0 Å². The number of aryl methyl sites for hydroxylation is 2. The van der Waals surface area contributed by atoms with Crippen LogP contribution in [0, 0.1) is 13.8 Å². The van der Waals surface area contributed by atoms with Crippen molar-refractivity contribution in [1.29, 1.82) is 0 Å². The predicted octanol–water partition coefficient (Wildman–Crippen LogP) is 2.49. The summed E-state index contributed by atoms with van der Waals surface area (Å²) in [6, 6.07) is 4.28. The number of nitrogens with one attached hydrogen (secondary N) is 1. The molecule has 2 aromatic rings. The van der Waals surface area contributed by atoms with Crippen LogP contribution in [0.25, 0.3) is 0 Å². The summed E-state index contributed by atoms with van der Waals surface area (Å²) in [5, 5.41) is 2.94. The van der Waals surface area contributed by atoms with Crippen molar-refractivity contribution in [2.45, 2.75) is 26.9 Å². The highest BCUT2D eigenvalue weighted by Crippen LogP contribution is 2.14. The van der Waals surface area contributed by atoms with E-state index in [9.17, 15) is 14.4 Å². The Balaban J connectivity index is 2.07. The molecule has 1 unspecified atom stereocenters. The van der Waals surface area contributed by atoms with Crippen molar-refractivity contribution in [1.82, 2.24) is 4.98 Å². The number of halogens is 1. The van der Waals surface area contributed by atoms with E-state index in [4.69, 9.17) is 20.8 Å². The molecule has 24 heavy (non-hydrogen) atoms. The lowest BCUT2D eigenvalue weighted by molar-refractivity contribution is -0.123. The standard InChI is InChI=1S/C16H15ClN2O5/c1-8-6-13(20)23-9(2)14(8)16(22)24-10(3)15(21)19-12-5-4-11(17)7-18-12/h4-7,10H,1-3H3,(H,18,19,21). The van der Waals surface area contributed by atoms with Crippen molar-refractivity contribution in [3.8, 4) is 0 Å². The fourth-order valence-electron chi connectivity index (χ4n) is 2.01. The van der Waals surface area contributed by atoms with E-state index in [2.05, 4.69) is 10.3 Å². The molecule has 0 aromatic carbocycles. The molecule has 0 spiro atoms. The molecule has 2 rings (SSSR count). The number of esters is 1. The Hall–Kier alpha value is -2.67. The molecule has 1 atom stereocenters. The Labute approximate surface area is 142 Å². The van der Waals surface area contributed by atoms with Gasteiger partial charge in [0.05, 0.1) is 5.02 Å². The highest BCUT2D eigenvalue weighted by Gasteiger charge is 2.23. The number of pyridine rings is 1. The number of hydrogen-bond acceptors (Lipinski definition) is 6. The third-order valence-electron chi connectivity index (χ3n) is 3.17. The Morgan fingerprint density at radius 1 is 1.33 bits per heavy atom. The van der Waals surface area contributed by atoms with Gasteiger partial charge in [0.25, 0.3) is 5.91 Å². The molecular formula is C16H15ClN2O5. The van der Waals surface area contributed by atoms with E-state index in [0.29, 0.717) is 10.6 Å². The third-order valence-corrected chi connectivity index (χ3v) is 3.39. The second-order valence-corrected chi connectivity index (χ2v) is 5.51. The van der Waals surface area contributed by atoms with E-state index in [1.807, 2.05) is 0 Å². The second kappa shape index (κ2) is 7.27. The van der Waals surface area contributed by atoms with Crippen molar-refractivity contribution < 1.29 is 18.7 Å². The maximum absolute atomic E-state index is 12.2. The summed E-state index contributed by atoms with van der Waals surface area (Å²) in [4.78, 5) is 39.4. The largest absolute Gasteiger partial charge is 0.449 e. The number of carbonyl (C=O) groups excluding carboxylic acids is 2. The number of amides is 1. The maximum atomic E-state index is 12.2. The lowest BCUT2D eigenvalue weighted by atomic mass is 10.1. The molecular weight excluding hydrogens is 336 g/mol. The third kappa shape index (κ3) is 4.20. The van der Waals surface area contributed by atoms with Gasteiger partial charge in [-0.3, -0.25) is 4.79 Å². The van der Waals surface area contributed by atoms with Crippen LogP contribution in [0.1, 0.15) is 28.6 Å². The second-order valence-electron chi connectivity index (χ2n) is 5.08. The Morgan fingerprint density at radius 2 is 2.04 bits per heavy atom. The van der Waals surface area contributed by atoms with E-state index < -0.39 is 23.6 Å². The van der Waals surface area contributed by atoms with Gasteiger partial charge in [-0.2, -0.15) is 0 Å². The number of aromatic nitrogens is 1. The zero-order chi connectivity index (χ0) is 17.9. The smallest absolute Gasteiger partial charge is 0.342 e. The molecule has 8 heteroatoms. The number of ether oxygens (including phenoxy) is 1. The topological polar surface area (TPSA) is 98.5 Å². The van der Waals surface area contributed by atoms with Gasteiger partial charge in [0.15, 0.2) is 6.10 Å². The van der Waals surface area contributed by atoms with Crippen LogP contribution in [-0.2, 0) is 9.53 Å². The van der Waals surface area contributed by atoms with Crippen molar-refractivity contribution >= 4 is 29.3 Å². The van der Waals surface area contributed by atoms with Gasteiger partial charge < -0.3 is 14.5 Å². The summed E-state index contributed by atoms with van der Waals surface area (Å²) in [7, 11) is 0. The van der Waals surface area contributed by atoms with Crippen molar-refractivity contribution in [2.75, 3.05) is 5.32 Å². The first-order chi connectivity index (χ1) is 11.3. The summed E-state index contributed by atoms with van der Waals surface area (Å²) < 4.78 is 10.0. The van der Waals surface area contributed by atoms with Crippen LogP contribution in [0.5, 0.6) is 0 Å². The molecule has 1 amide bonds. The van der Waals surface area contributed by atoms with Gasteiger partial charge in [-0.15, -0.1) is 0 Å². The summed E-state index contributed by atoms with van der Waals surface area (Å²) in [6.07, 6.45) is 0.313. The van der Waals surface area contributed by atoms with Crippen molar-refractivity contribution in [3.05, 3.63) is 56.7 Å². The fourth-order valence-corrected chi connectivity index (χ4v) is 2.13. The first-order valence-corrected chi connectivity index (χ1v) is 7.40. The van der Waals surface area contributed by atoms with Crippen LogP contribution in [0.2, 0.25) is 5.02 Å². The lowest BCUT2D eigenvalue weighted by Gasteiger charge is -2.14. The van der Waals surface area contributed by atoms with Gasteiger partial charge >= 0.3 is 11.6 Å². The molecule has 0 aliphatic carbocycles. The number of anilines is 1. The minimum Gasteiger partial charge on any atom is -0.449 e. The summed E-state index contributed by atoms with van der Waals surface area (Å²) in [5.41, 5.74) is -0.0132. The molecule has 2 aromatic heterocycles. The average molecular weight is 351 g/mol. The Morgan fingerprint density at radius 3 is 2.62 bits per heavy atom. The first kappa shape index (κ1) is 17.7. The van der Waals surface area contributed by atoms with Crippen LogP contribution >= 0.6 is 11.6 Å². The lowest BCUT2D eigenvalue weighted by Crippen LogP contribution is -2.30. The normalized spacial score (nSPS) is 11.7. The van der Waals surface area contributed by atoms with Gasteiger partial charge in [-0.05, 0) is 38.5 Å². The summed E-state index contributed by atoms with van der Waals surface area (Å²) in [5.74, 6) is -0.881. The minimum absolute atomic E-state index is 0.124. The molecule has 1 N–H and O–H groups in total. The van der Waals surface area contributed by atoms with Crippen LogP contribution in [0.3, 0.4) is 0 Å². The average Bonchev–Trinajstić information content (AvgIpc) is 2.48. The molecule has 7 nitrogen and oxygen atoms in total. The van der Waals surface area contributed by atoms with Crippen LogP contribution in [0.4, 0.5) is 5.82 Å². The van der Waals surface area contributed by atoms with Crippen LogP contribution < -0.4 is 10.9 Å². The fraction of sp³-hybridized carbons (Fsp3) is 0.250. The van der Waals surface area contributed by atoms with E-state index >= 15 is 0 Å². The molecule has 126 valence electrons. The van der Waals surface area contributed by atoms with Crippen molar-refractivity contribution in [3.63, 3.8) is 0 Å². The van der Waals surface area contributed by atoms with Gasteiger partial charge in [-0.1, -0.05) is 11.6 Å². The minimum atomic E-state index is -1.07. The predicted molar refractivity (Wildman–Crippen MR) is 87.2 cm³/mol. The van der Waals surface area contributed by atoms with E-state index in [1.165, 1.54) is 32.2 Å². The Bertz CT molecular complexity index is 803. The molecule has 0 saturated heterocycles. The molecule has 0 fully saturated rings. The first-order valence-electron chi connectivity index (χ1n) is 7.02. The van der Waals surface area contributed by atoms with Gasteiger partial charge in [0.2, 0.25) is 0 Å². The number of hydrogen-bond donors (Lipinski definition) is 1. The quantitative estimate of drug-likeness (QED) is 0.850. The van der Waals surface area contributed by atoms with E-state index in [0.717, 1.165) is 0 Å². The SMILES string of the molecule is Cc1cc(=O)oc(C)c1C(=O)OC(C)C(=O)Nc1ccc(Cl)cn1. The highest BCUT2D eigenvalue weighted by molar-refractivity contribution is 6.30. The molecule has 0 radical (unpaired) electrons. The zero-order valence-corrected chi connectivity index (χ0v) is 14.0. The van der Waals surface area contributed by atoms with E-state index in [-0.39, 0.29) is 17.1 Å². The molecule has 2 heterocycles. The summed E-state index contributed by atoms with van der Waals surface area (Å²) in [6.45, 7) is 4.49. The summed E-state index contributed by atoms with van der Waals surface area (Å²) >= 11 is 5.71. The van der Waals surface area contributed by atoms with Gasteiger partial charge in [0.1, 0.15) is 17.1 Å². The number of nitrogens with zero attached hydrogens (tertiary/aromatic N) is 1. The number of carbonyl (C=O) groups is 2. The number of rotatable bonds is 4. The molecule has 0 bridgehead atoms. The monoisotopic (exact) mass is 350 g/mol. The molecule has 0 aliphatic heterocycles. The van der Waals surface area contributed by atoms with Crippen molar-refractivity contribution in [2.24, 2.45) is 0 Å². The van der Waals surface area contributed by atoms with Gasteiger partial charge in [-0.25, -0.2) is 14.6 Å². The van der Waals surface area contributed by atoms with E-state index in [1.54, 1.807) is 13.0 Å². The molecule has 0 saturated carbocycles. The van der Waals surface area contributed by atoms with Crippen LogP contribution in [0.15, 0.2) is 33.6 Å². The molecule has 0 aliphatic rings. The van der Waals surface area contributed by atoms with Gasteiger partial charge in [0, 0.05) is 12.3 Å². The zero-order valence-electron chi connectivity index (χ0n) is 13.3. The Kier molecular flexibility index (Phi) is 5.35.